The van der Waals surface area contributed by atoms with Crippen molar-refractivity contribution >= 4 is 5.78 Å². The van der Waals surface area contributed by atoms with E-state index in [1.807, 2.05) is 6.92 Å². The molecule has 3 atom stereocenters. The van der Waals surface area contributed by atoms with Crippen molar-refractivity contribution in [3.05, 3.63) is 0 Å². The summed E-state index contributed by atoms with van der Waals surface area (Å²) in [5, 5.41) is 0. The van der Waals surface area contributed by atoms with Gasteiger partial charge in [-0.3, -0.25) is 4.79 Å². The Kier molecular flexibility index (Phi) is 4.18. The molecule has 0 radical (unpaired) electrons. The number of Topliss-reactive ketones (excluding diaryl/α,β-unsaturated/α-hetero) is 1. The summed E-state index contributed by atoms with van der Waals surface area (Å²) in [6.07, 6.45) is 7.38. The SMILES string of the molecule is CC1(CC[C@H]2C(=O)CCC3C(C)(C)CCC[C@@]32C)OCCO1. The van der Waals surface area contributed by atoms with Crippen LogP contribution in [0.5, 0.6) is 0 Å². The van der Waals surface area contributed by atoms with Crippen molar-refractivity contribution < 1.29 is 14.3 Å². The van der Waals surface area contributed by atoms with Crippen molar-refractivity contribution in [2.75, 3.05) is 13.2 Å². The lowest BCUT2D eigenvalue weighted by molar-refractivity contribution is -0.161. The standard InChI is InChI=1S/C19H32O3/c1-17(2)9-5-10-18(3)14(15(20)6-7-16(17)18)8-11-19(4)21-12-13-22-19/h14,16H,5-13H2,1-4H3/t14-,16?,18+/m0/s1. The average Bonchev–Trinajstić information content (AvgIpc) is 2.84. The molecule has 2 aliphatic carbocycles. The van der Waals surface area contributed by atoms with Crippen LogP contribution in [0.15, 0.2) is 0 Å². The third-order valence-corrected chi connectivity index (χ3v) is 6.93. The molecule has 1 heterocycles. The molecular formula is C19H32O3. The predicted octanol–water partition coefficient (Wildman–Crippen LogP) is 4.34. The maximum absolute atomic E-state index is 12.7. The summed E-state index contributed by atoms with van der Waals surface area (Å²) in [6, 6.07) is 0. The summed E-state index contributed by atoms with van der Waals surface area (Å²) in [4.78, 5) is 12.7. The van der Waals surface area contributed by atoms with Gasteiger partial charge in [0, 0.05) is 18.8 Å². The molecule has 2 saturated carbocycles. The Labute approximate surface area is 135 Å². The third kappa shape index (κ3) is 2.75. The lowest BCUT2D eigenvalue weighted by Crippen LogP contribution is -2.52. The third-order valence-electron chi connectivity index (χ3n) is 6.93. The van der Waals surface area contributed by atoms with Crippen LogP contribution in [-0.4, -0.2) is 24.8 Å². The number of fused-ring (bicyclic) bond motifs is 1. The lowest BCUT2D eigenvalue weighted by Gasteiger charge is -2.57. The summed E-state index contributed by atoms with van der Waals surface area (Å²) in [7, 11) is 0. The van der Waals surface area contributed by atoms with Crippen molar-refractivity contribution in [2.45, 2.75) is 78.4 Å². The number of carbonyl (C=O) groups is 1. The van der Waals surface area contributed by atoms with E-state index in [0.29, 0.717) is 30.3 Å². The first-order chi connectivity index (χ1) is 10.3. The lowest BCUT2D eigenvalue weighted by atomic mass is 9.47. The van der Waals surface area contributed by atoms with E-state index in [1.54, 1.807) is 0 Å². The first-order valence-corrected chi connectivity index (χ1v) is 9.08. The Balaban J connectivity index is 1.77. The van der Waals surface area contributed by atoms with E-state index in [9.17, 15) is 4.79 Å². The average molecular weight is 308 g/mol. The number of carbonyl (C=O) groups excluding carboxylic acids is 1. The number of hydrogen-bond donors (Lipinski definition) is 0. The molecule has 1 unspecified atom stereocenters. The van der Waals surface area contributed by atoms with Gasteiger partial charge >= 0.3 is 0 Å². The normalized spacial score (nSPS) is 40.5. The second-order valence-electron chi connectivity index (χ2n) is 8.83. The number of ether oxygens (including phenoxy) is 2. The molecule has 126 valence electrons. The van der Waals surface area contributed by atoms with Crippen molar-refractivity contribution in [1.29, 1.82) is 0 Å². The Morgan fingerprint density at radius 3 is 2.45 bits per heavy atom. The van der Waals surface area contributed by atoms with E-state index in [4.69, 9.17) is 9.47 Å². The monoisotopic (exact) mass is 308 g/mol. The smallest absolute Gasteiger partial charge is 0.165 e. The molecule has 1 aliphatic heterocycles. The molecule has 0 aromatic carbocycles. The van der Waals surface area contributed by atoms with Gasteiger partial charge in [-0.2, -0.15) is 0 Å². The maximum Gasteiger partial charge on any atom is 0.165 e. The van der Waals surface area contributed by atoms with Crippen LogP contribution in [0.25, 0.3) is 0 Å². The van der Waals surface area contributed by atoms with E-state index < -0.39 is 5.79 Å². The number of hydrogen-bond acceptors (Lipinski definition) is 3. The van der Waals surface area contributed by atoms with Gasteiger partial charge in [-0.25, -0.2) is 0 Å². The Morgan fingerprint density at radius 2 is 1.77 bits per heavy atom. The summed E-state index contributed by atoms with van der Waals surface area (Å²) >= 11 is 0. The van der Waals surface area contributed by atoms with Gasteiger partial charge in [0.05, 0.1) is 13.2 Å². The molecule has 0 amide bonds. The van der Waals surface area contributed by atoms with E-state index in [-0.39, 0.29) is 11.3 Å². The molecule has 3 nitrogen and oxygen atoms in total. The molecular weight excluding hydrogens is 276 g/mol. The van der Waals surface area contributed by atoms with Gasteiger partial charge in [-0.05, 0) is 49.4 Å². The fourth-order valence-corrected chi connectivity index (χ4v) is 5.73. The molecule has 0 aromatic heterocycles. The molecule has 3 heteroatoms. The van der Waals surface area contributed by atoms with Gasteiger partial charge in [0.25, 0.3) is 0 Å². The molecule has 3 rings (SSSR count). The highest BCUT2D eigenvalue weighted by Crippen LogP contribution is 2.60. The van der Waals surface area contributed by atoms with Gasteiger partial charge in [-0.1, -0.05) is 27.2 Å². The molecule has 3 fully saturated rings. The molecule has 0 N–H and O–H groups in total. The van der Waals surface area contributed by atoms with Crippen molar-refractivity contribution in [3.63, 3.8) is 0 Å². The van der Waals surface area contributed by atoms with Crippen LogP contribution in [0.2, 0.25) is 0 Å². The largest absolute Gasteiger partial charge is 0.348 e. The van der Waals surface area contributed by atoms with Crippen LogP contribution < -0.4 is 0 Å². The summed E-state index contributed by atoms with van der Waals surface area (Å²) in [6.45, 7) is 10.6. The highest BCUT2D eigenvalue weighted by molar-refractivity contribution is 5.82. The highest BCUT2D eigenvalue weighted by Gasteiger charge is 2.54. The predicted molar refractivity (Wildman–Crippen MR) is 86.5 cm³/mol. The van der Waals surface area contributed by atoms with Crippen LogP contribution in [0.1, 0.15) is 72.6 Å². The molecule has 0 bridgehead atoms. The first-order valence-electron chi connectivity index (χ1n) is 9.08. The van der Waals surface area contributed by atoms with Gasteiger partial charge in [-0.15, -0.1) is 0 Å². The minimum atomic E-state index is -0.465. The van der Waals surface area contributed by atoms with Crippen molar-refractivity contribution in [1.82, 2.24) is 0 Å². The minimum absolute atomic E-state index is 0.173. The van der Waals surface area contributed by atoms with Gasteiger partial charge in [0.15, 0.2) is 5.79 Å². The van der Waals surface area contributed by atoms with Crippen LogP contribution in [0, 0.1) is 22.7 Å². The molecule has 1 saturated heterocycles. The minimum Gasteiger partial charge on any atom is -0.348 e. The van der Waals surface area contributed by atoms with E-state index in [1.165, 1.54) is 19.3 Å². The second kappa shape index (κ2) is 5.59. The van der Waals surface area contributed by atoms with Crippen LogP contribution in [-0.2, 0) is 14.3 Å². The van der Waals surface area contributed by atoms with Gasteiger partial charge < -0.3 is 9.47 Å². The Bertz CT molecular complexity index is 436. The van der Waals surface area contributed by atoms with Crippen molar-refractivity contribution in [2.24, 2.45) is 22.7 Å². The summed E-state index contributed by atoms with van der Waals surface area (Å²) < 4.78 is 11.5. The number of rotatable bonds is 3. The van der Waals surface area contributed by atoms with Crippen LogP contribution in [0.4, 0.5) is 0 Å². The molecule has 3 aliphatic rings. The molecule has 0 spiro atoms. The fraction of sp³-hybridized carbons (Fsp3) is 0.947. The maximum atomic E-state index is 12.7. The quantitative estimate of drug-likeness (QED) is 0.778. The zero-order valence-electron chi connectivity index (χ0n) is 14.7. The summed E-state index contributed by atoms with van der Waals surface area (Å²) in [5.74, 6) is 0.886. The number of ketones is 1. The van der Waals surface area contributed by atoms with Crippen LogP contribution >= 0.6 is 0 Å². The van der Waals surface area contributed by atoms with Gasteiger partial charge in [0.1, 0.15) is 5.78 Å². The zero-order chi connectivity index (χ0) is 16.0. The first kappa shape index (κ1) is 16.4. The topological polar surface area (TPSA) is 35.5 Å². The summed E-state index contributed by atoms with van der Waals surface area (Å²) in [5.41, 5.74) is 0.544. The van der Waals surface area contributed by atoms with E-state index in [0.717, 1.165) is 25.7 Å². The van der Waals surface area contributed by atoms with Crippen LogP contribution in [0.3, 0.4) is 0 Å². The fourth-order valence-electron chi connectivity index (χ4n) is 5.73. The van der Waals surface area contributed by atoms with Gasteiger partial charge in [0.2, 0.25) is 0 Å². The zero-order valence-corrected chi connectivity index (χ0v) is 14.7. The molecule has 22 heavy (non-hydrogen) atoms. The second-order valence-corrected chi connectivity index (χ2v) is 8.83. The Morgan fingerprint density at radius 1 is 1.09 bits per heavy atom. The Hall–Kier alpha value is -0.410. The highest BCUT2D eigenvalue weighted by atomic mass is 16.7. The van der Waals surface area contributed by atoms with E-state index in [2.05, 4.69) is 20.8 Å². The molecule has 0 aromatic rings. The van der Waals surface area contributed by atoms with Crippen molar-refractivity contribution in [3.8, 4) is 0 Å². The van der Waals surface area contributed by atoms with E-state index >= 15 is 0 Å².